The highest BCUT2D eigenvalue weighted by atomic mass is 32.2. The molecule has 5 nitrogen and oxygen atoms in total. The summed E-state index contributed by atoms with van der Waals surface area (Å²) in [5, 5.41) is 2.86. The molecule has 0 atom stereocenters. The number of nitrogens with zero attached hydrogens (tertiary/aromatic N) is 2. The monoisotopic (exact) mass is 287 g/mol. The quantitative estimate of drug-likeness (QED) is 0.906. The number of hydrogen-bond donors (Lipinski definition) is 1. The summed E-state index contributed by atoms with van der Waals surface area (Å²) >= 11 is 1.81. The molecular formula is C11H17N3O2S2. The van der Waals surface area contributed by atoms with E-state index in [0.29, 0.717) is 23.8 Å². The van der Waals surface area contributed by atoms with Crippen molar-refractivity contribution in [1.82, 2.24) is 9.29 Å². The van der Waals surface area contributed by atoms with Gasteiger partial charge in [0.1, 0.15) is 5.82 Å². The number of anilines is 1. The van der Waals surface area contributed by atoms with E-state index in [-0.39, 0.29) is 0 Å². The van der Waals surface area contributed by atoms with E-state index < -0.39 is 10.0 Å². The van der Waals surface area contributed by atoms with Crippen molar-refractivity contribution in [3.05, 3.63) is 18.3 Å². The molecule has 7 heteroatoms. The average Bonchev–Trinajstić information content (AvgIpc) is 2.68. The Morgan fingerprint density at radius 1 is 1.39 bits per heavy atom. The highest BCUT2D eigenvalue weighted by Crippen LogP contribution is 2.21. The summed E-state index contributed by atoms with van der Waals surface area (Å²) < 4.78 is 26.5. The second-order valence-corrected chi connectivity index (χ2v) is 7.16. The zero-order chi connectivity index (χ0) is 13.0. The Morgan fingerprint density at radius 2 is 2.22 bits per heavy atom. The lowest BCUT2D eigenvalue weighted by Gasteiger charge is -2.19. The zero-order valence-electron chi connectivity index (χ0n) is 10.3. The second-order valence-electron chi connectivity index (χ2n) is 4.00. The van der Waals surface area contributed by atoms with Crippen molar-refractivity contribution >= 4 is 27.6 Å². The minimum Gasteiger partial charge on any atom is -0.373 e. The molecule has 0 radical (unpaired) electrons. The van der Waals surface area contributed by atoms with E-state index in [2.05, 4.69) is 10.3 Å². The highest BCUT2D eigenvalue weighted by Gasteiger charge is 2.25. The Hall–Kier alpha value is -0.790. The molecule has 0 spiro atoms. The van der Waals surface area contributed by atoms with Crippen LogP contribution in [0.1, 0.15) is 6.42 Å². The van der Waals surface area contributed by atoms with Gasteiger partial charge in [-0.05, 0) is 18.2 Å². The Morgan fingerprint density at radius 3 is 3.00 bits per heavy atom. The maximum absolute atomic E-state index is 12.5. The van der Waals surface area contributed by atoms with E-state index in [4.69, 9.17) is 0 Å². The third-order valence-electron chi connectivity index (χ3n) is 2.81. The molecule has 1 aliphatic heterocycles. The van der Waals surface area contributed by atoms with Crippen LogP contribution in [0.15, 0.2) is 23.2 Å². The van der Waals surface area contributed by atoms with Gasteiger partial charge in [-0.15, -0.1) is 0 Å². The molecule has 1 fully saturated rings. The standard InChI is InChI=1S/C11H17N3O2S2/c1-12-11-9-10(3-4-13-11)18(15,16)14-5-2-7-17-8-6-14/h3-4,9H,2,5-8H2,1H3,(H,12,13). The Labute approximate surface area is 112 Å². The van der Waals surface area contributed by atoms with E-state index in [9.17, 15) is 8.42 Å². The molecule has 0 unspecified atom stereocenters. The minimum atomic E-state index is -3.38. The third kappa shape index (κ3) is 2.96. The second kappa shape index (κ2) is 5.90. The van der Waals surface area contributed by atoms with Crippen LogP contribution in [0.4, 0.5) is 5.82 Å². The van der Waals surface area contributed by atoms with E-state index in [1.54, 1.807) is 23.5 Å². The fourth-order valence-corrected chi connectivity index (χ4v) is 4.32. The van der Waals surface area contributed by atoms with Crippen molar-refractivity contribution in [3.8, 4) is 0 Å². The predicted molar refractivity (Wildman–Crippen MR) is 74.5 cm³/mol. The number of pyridine rings is 1. The van der Waals surface area contributed by atoms with Crippen molar-refractivity contribution in [1.29, 1.82) is 0 Å². The van der Waals surface area contributed by atoms with Gasteiger partial charge < -0.3 is 5.32 Å². The van der Waals surface area contributed by atoms with Gasteiger partial charge in [0, 0.05) is 38.2 Å². The zero-order valence-corrected chi connectivity index (χ0v) is 11.9. The molecule has 1 aromatic rings. The number of hydrogen-bond acceptors (Lipinski definition) is 5. The number of rotatable bonds is 3. The maximum Gasteiger partial charge on any atom is 0.243 e. The fourth-order valence-electron chi connectivity index (χ4n) is 1.82. The molecule has 0 aromatic carbocycles. The molecule has 2 heterocycles. The number of thioether (sulfide) groups is 1. The number of sulfonamides is 1. The van der Waals surface area contributed by atoms with Crippen LogP contribution in [0, 0.1) is 0 Å². The first-order valence-electron chi connectivity index (χ1n) is 5.86. The first-order valence-corrected chi connectivity index (χ1v) is 8.46. The van der Waals surface area contributed by atoms with Crippen LogP contribution in [0.25, 0.3) is 0 Å². The van der Waals surface area contributed by atoms with Gasteiger partial charge in [-0.25, -0.2) is 13.4 Å². The Balaban J connectivity index is 2.28. The van der Waals surface area contributed by atoms with Crippen molar-refractivity contribution < 1.29 is 8.42 Å². The van der Waals surface area contributed by atoms with Crippen molar-refractivity contribution in [2.75, 3.05) is 37.0 Å². The SMILES string of the molecule is CNc1cc(S(=O)(=O)N2CCCSCC2)ccn1. The molecule has 0 saturated carbocycles. The molecule has 2 rings (SSSR count). The predicted octanol–water partition coefficient (Wildman–Crippen LogP) is 1.25. The Kier molecular flexibility index (Phi) is 4.47. The van der Waals surface area contributed by atoms with Gasteiger partial charge in [0.25, 0.3) is 0 Å². The van der Waals surface area contributed by atoms with Crippen LogP contribution < -0.4 is 5.32 Å². The lowest BCUT2D eigenvalue weighted by molar-refractivity contribution is 0.435. The summed E-state index contributed by atoms with van der Waals surface area (Å²) in [6.45, 7) is 1.19. The normalized spacial score (nSPS) is 18.3. The van der Waals surface area contributed by atoms with Crippen LogP contribution >= 0.6 is 11.8 Å². The van der Waals surface area contributed by atoms with Crippen LogP contribution in [0.3, 0.4) is 0 Å². The molecule has 1 N–H and O–H groups in total. The van der Waals surface area contributed by atoms with E-state index in [1.807, 2.05) is 11.8 Å². The van der Waals surface area contributed by atoms with E-state index in [0.717, 1.165) is 17.9 Å². The van der Waals surface area contributed by atoms with Crippen molar-refractivity contribution in [2.45, 2.75) is 11.3 Å². The lowest BCUT2D eigenvalue weighted by Crippen LogP contribution is -2.33. The van der Waals surface area contributed by atoms with Gasteiger partial charge >= 0.3 is 0 Å². The van der Waals surface area contributed by atoms with Gasteiger partial charge in [0.05, 0.1) is 4.90 Å². The molecule has 1 saturated heterocycles. The van der Waals surface area contributed by atoms with E-state index in [1.165, 1.54) is 6.20 Å². The molecule has 0 aliphatic carbocycles. The minimum absolute atomic E-state index is 0.314. The molecule has 0 bridgehead atoms. The van der Waals surface area contributed by atoms with Gasteiger partial charge in [-0.1, -0.05) is 0 Å². The van der Waals surface area contributed by atoms with E-state index >= 15 is 0 Å². The molecule has 1 aliphatic rings. The summed E-state index contributed by atoms with van der Waals surface area (Å²) in [6.07, 6.45) is 2.43. The number of aromatic nitrogens is 1. The first-order chi connectivity index (χ1) is 8.64. The van der Waals surface area contributed by atoms with Gasteiger partial charge in [-0.2, -0.15) is 16.1 Å². The van der Waals surface area contributed by atoms with Gasteiger partial charge in [0.15, 0.2) is 0 Å². The Bertz CT molecular complexity index is 497. The smallest absolute Gasteiger partial charge is 0.243 e. The largest absolute Gasteiger partial charge is 0.373 e. The third-order valence-corrected chi connectivity index (χ3v) is 5.75. The molecule has 100 valence electrons. The number of nitrogens with one attached hydrogen (secondary N) is 1. The maximum atomic E-state index is 12.5. The fraction of sp³-hybridized carbons (Fsp3) is 0.545. The molecule has 0 amide bonds. The summed E-state index contributed by atoms with van der Waals surface area (Å²) in [6, 6.07) is 3.13. The van der Waals surface area contributed by atoms with Crippen LogP contribution in [0.2, 0.25) is 0 Å². The summed E-state index contributed by atoms with van der Waals surface area (Å²) in [4.78, 5) is 4.35. The summed E-state index contributed by atoms with van der Waals surface area (Å²) in [5.41, 5.74) is 0. The van der Waals surface area contributed by atoms with Gasteiger partial charge in [0.2, 0.25) is 10.0 Å². The lowest BCUT2D eigenvalue weighted by atomic mass is 10.5. The topological polar surface area (TPSA) is 62.3 Å². The van der Waals surface area contributed by atoms with Crippen molar-refractivity contribution in [3.63, 3.8) is 0 Å². The van der Waals surface area contributed by atoms with Gasteiger partial charge in [-0.3, -0.25) is 0 Å². The van der Waals surface area contributed by atoms with Crippen LogP contribution in [0.5, 0.6) is 0 Å². The summed E-state index contributed by atoms with van der Waals surface area (Å²) in [7, 11) is -1.65. The summed E-state index contributed by atoms with van der Waals surface area (Å²) in [5.74, 6) is 2.47. The van der Waals surface area contributed by atoms with Crippen LogP contribution in [-0.2, 0) is 10.0 Å². The molecule has 1 aromatic heterocycles. The van der Waals surface area contributed by atoms with Crippen LogP contribution in [-0.4, -0.2) is 49.3 Å². The average molecular weight is 287 g/mol. The molecular weight excluding hydrogens is 270 g/mol. The van der Waals surface area contributed by atoms with Crippen molar-refractivity contribution in [2.24, 2.45) is 0 Å². The molecule has 18 heavy (non-hydrogen) atoms. The first kappa shape index (κ1) is 13.6. The highest BCUT2D eigenvalue weighted by molar-refractivity contribution is 7.99.